The zero-order valence-corrected chi connectivity index (χ0v) is 27.1. The predicted octanol–water partition coefficient (Wildman–Crippen LogP) is 5.71. The van der Waals surface area contributed by atoms with Crippen molar-refractivity contribution in [2.45, 2.75) is 69.2 Å². The predicted molar refractivity (Wildman–Crippen MR) is 171 cm³/mol. The zero-order chi connectivity index (χ0) is 33.4. The summed E-state index contributed by atoms with van der Waals surface area (Å²) in [5.74, 6) is -2.62. The van der Waals surface area contributed by atoms with Gasteiger partial charge in [0.05, 0.1) is 42.1 Å². The zero-order valence-electron chi connectivity index (χ0n) is 26.4. The molecule has 4 heterocycles. The summed E-state index contributed by atoms with van der Waals surface area (Å²) in [6.45, 7) is 4.08. The summed E-state index contributed by atoms with van der Waals surface area (Å²) < 4.78 is 52.7. The molecule has 11 nitrogen and oxygen atoms in total. The van der Waals surface area contributed by atoms with Crippen molar-refractivity contribution in [3.8, 4) is 17.2 Å². The van der Waals surface area contributed by atoms with Crippen molar-refractivity contribution in [2.24, 2.45) is 0 Å². The molecule has 3 fully saturated rings. The van der Waals surface area contributed by atoms with Crippen LogP contribution in [0.1, 0.15) is 48.1 Å². The number of imidazole rings is 1. The van der Waals surface area contributed by atoms with Gasteiger partial charge < -0.3 is 33.5 Å². The molecule has 8 rings (SSSR count). The first-order chi connectivity index (χ1) is 23.0. The first-order valence-electron chi connectivity index (χ1n) is 16.0. The maximum atomic E-state index is 13.5. The van der Waals surface area contributed by atoms with Crippen LogP contribution in [0.4, 0.5) is 14.5 Å². The molecule has 0 radical (unpaired) electrons. The van der Waals surface area contributed by atoms with Crippen molar-refractivity contribution in [2.75, 3.05) is 31.7 Å². The number of benzene rings is 2. The number of para-hydroxylation sites is 1. The van der Waals surface area contributed by atoms with E-state index < -0.39 is 23.8 Å². The maximum Gasteiger partial charge on any atom is 0.335 e. The van der Waals surface area contributed by atoms with Gasteiger partial charge >= 0.3 is 5.97 Å². The summed E-state index contributed by atoms with van der Waals surface area (Å²) in [4.78, 5) is 26.1. The number of piperazine rings is 1. The number of halogens is 3. The van der Waals surface area contributed by atoms with Gasteiger partial charge in [-0.3, -0.25) is 9.88 Å². The molecule has 2 aromatic heterocycles. The van der Waals surface area contributed by atoms with E-state index in [9.17, 15) is 18.7 Å². The Morgan fingerprint density at radius 3 is 2.65 bits per heavy atom. The molecule has 0 bridgehead atoms. The molecule has 252 valence electrons. The number of alkyl halides is 2. The Morgan fingerprint density at radius 1 is 1.15 bits per heavy atom. The number of methoxy groups -OCH3 is 1. The average Bonchev–Trinajstić information content (AvgIpc) is 3.32. The highest BCUT2D eigenvalue weighted by molar-refractivity contribution is 6.30. The number of hydrogen-bond donors (Lipinski definition) is 1. The highest BCUT2D eigenvalue weighted by Crippen LogP contribution is 2.51. The van der Waals surface area contributed by atoms with E-state index in [0.29, 0.717) is 51.4 Å². The van der Waals surface area contributed by atoms with Gasteiger partial charge in [-0.2, -0.15) is 0 Å². The van der Waals surface area contributed by atoms with Crippen molar-refractivity contribution in [1.82, 2.24) is 19.4 Å². The van der Waals surface area contributed by atoms with Crippen LogP contribution in [0.5, 0.6) is 17.2 Å². The molecule has 0 amide bonds. The number of aromatic carboxylic acids is 1. The molecule has 1 unspecified atom stereocenters. The third kappa shape index (κ3) is 5.28. The lowest BCUT2D eigenvalue weighted by molar-refractivity contribution is -0.0717. The van der Waals surface area contributed by atoms with E-state index in [0.717, 1.165) is 31.6 Å². The second-order valence-corrected chi connectivity index (χ2v) is 13.3. The number of nitrogens with zero attached hydrogens (tertiary/aromatic N) is 5. The van der Waals surface area contributed by atoms with Gasteiger partial charge in [0.25, 0.3) is 11.7 Å². The van der Waals surface area contributed by atoms with Gasteiger partial charge in [0, 0.05) is 51.3 Å². The standard InChI is InChI=1S/C34H34ClF2N5O6/c1-33(27-9-6-20(35)17-38-27)47-25-5-3-4-23(31(25)48-33)41-11-10-40(21-7-8-22(21)41)18-29-39-30-24(14-19(32(43)44)15-26(30)45-2)42(29)12-13-46-28-16-34(28,36)37/h3-6,9,14-15,17,21-22,28H,7-8,10-13,16,18H2,1-2H3,(H,43,44)/t21-,22-,28?,33+/m1/s1. The summed E-state index contributed by atoms with van der Waals surface area (Å²) in [5.41, 5.74) is 2.72. The van der Waals surface area contributed by atoms with Crippen molar-refractivity contribution >= 4 is 34.3 Å². The van der Waals surface area contributed by atoms with Crippen LogP contribution < -0.4 is 19.1 Å². The lowest BCUT2D eigenvalue weighted by Crippen LogP contribution is -2.64. The highest BCUT2D eigenvalue weighted by atomic mass is 35.5. The summed E-state index contributed by atoms with van der Waals surface area (Å²) >= 11 is 6.07. The van der Waals surface area contributed by atoms with E-state index in [1.807, 2.05) is 23.6 Å². The first kappa shape index (κ1) is 31.1. The Morgan fingerprint density at radius 2 is 1.96 bits per heavy atom. The Hall–Kier alpha value is -4.20. The van der Waals surface area contributed by atoms with Crippen LogP contribution in [0.25, 0.3) is 11.0 Å². The molecule has 4 aliphatic rings. The van der Waals surface area contributed by atoms with E-state index in [-0.39, 0.29) is 37.2 Å². The van der Waals surface area contributed by atoms with Gasteiger partial charge in [0.1, 0.15) is 28.9 Å². The second kappa shape index (κ2) is 11.5. The molecular formula is C34H34ClF2N5O6. The quantitative estimate of drug-likeness (QED) is 0.223. The number of anilines is 1. The van der Waals surface area contributed by atoms with Gasteiger partial charge in [-0.1, -0.05) is 17.7 Å². The molecule has 4 aromatic rings. The highest BCUT2D eigenvalue weighted by Gasteiger charge is 2.58. The molecule has 48 heavy (non-hydrogen) atoms. The molecule has 1 saturated heterocycles. The van der Waals surface area contributed by atoms with Crippen molar-refractivity contribution in [1.29, 1.82) is 0 Å². The second-order valence-electron chi connectivity index (χ2n) is 12.8. The van der Waals surface area contributed by atoms with E-state index in [4.69, 9.17) is 35.5 Å². The molecule has 1 N–H and O–H groups in total. The lowest BCUT2D eigenvalue weighted by Gasteiger charge is -2.54. The molecule has 2 aliphatic heterocycles. The van der Waals surface area contributed by atoms with Gasteiger partial charge in [0.15, 0.2) is 11.5 Å². The molecule has 2 aromatic carbocycles. The van der Waals surface area contributed by atoms with E-state index >= 15 is 0 Å². The van der Waals surface area contributed by atoms with Crippen molar-refractivity contribution in [3.63, 3.8) is 0 Å². The molecular weight excluding hydrogens is 648 g/mol. The average molecular weight is 682 g/mol. The SMILES string of the molecule is COc1cc(C(=O)O)cc2c1nc(CN1CCN(c3cccc4c3O[C@@](C)(c3ccc(Cl)cn3)O4)[C@@H]3CC[C@H]31)n2CCOC1CC1(F)F. The van der Waals surface area contributed by atoms with Crippen molar-refractivity contribution in [3.05, 3.63) is 70.8 Å². The van der Waals surface area contributed by atoms with Gasteiger partial charge in [0.2, 0.25) is 0 Å². The minimum Gasteiger partial charge on any atom is -0.494 e. The van der Waals surface area contributed by atoms with Crippen LogP contribution >= 0.6 is 11.6 Å². The monoisotopic (exact) mass is 681 g/mol. The van der Waals surface area contributed by atoms with Crippen LogP contribution in [0.3, 0.4) is 0 Å². The van der Waals surface area contributed by atoms with E-state index in [1.54, 1.807) is 24.4 Å². The Kier molecular flexibility index (Phi) is 7.42. The third-order valence-electron chi connectivity index (χ3n) is 9.87. The number of pyridine rings is 1. The Bertz CT molecular complexity index is 1910. The number of carboxylic acids is 1. The topological polar surface area (TPSA) is 111 Å². The van der Waals surface area contributed by atoms with Crippen molar-refractivity contribution < 1.29 is 37.6 Å². The van der Waals surface area contributed by atoms with E-state index in [2.05, 4.69) is 20.9 Å². The summed E-state index contributed by atoms with van der Waals surface area (Å²) in [7, 11) is 1.47. The number of aromatic nitrogens is 3. The lowest BCUT2D eigenvalue weighted by atomic mass is 9.81. The Labute approximate surface area is 279 Å². The fourth-order valence-electron chi connectivity index (χ4n) is 7.13. The van der Waals surface area contributed by atoms with Crippen LogP contribution in [-0.2, 0) is 23.6 Å². The smallest absolute Gasteiger partial charge is 0.335 e. The molecule has 14 heteroatoms. The van der Waals surface area contributed by atoms with Crippen LogP contribution in [0.15, 0.2) is 48.7 Å². The first-order valence-corrected chi connectivity index (χ1v) is 16.4. The Balaban J connectivity index is 1.05. The van der Waals surface area contributed by atoms with Crippen LogP contribution in [-0.4, -0.2) is 81.4 Å². The van der Waals surface area contributed by atoms with Gasteiger partial charge in [-0.15, -0.1) is 0 Å². The fourth-order valence-corrected chi connectivity index (χ4v) is 7.24. The van der Waals surface area contributed by atoms with Gasteiger partial charge in [-0.05, 0) is 49.2 Å². The summed E-state index contributed by atoms with van der Waals surface area (Å²) in [6.07, 6.45) is 2.20. The van der Waals surface area contributed by atoms with E-state index in [1.165, 1.54) is 13.2 Å². The summed E-state index contributed by atoms with van der Waals surface area (Å²) in [5, 5.41) is 10.3. The van der Waals surface area contributed by atoms with Crippen LogP contribution in [0, 0.1) is 0 Å². The number of hydrogen-bond acceptors (Lipinski definition) is 9. The molecule has 0 spiro atoms. The number of ether oxygens (including phenoxy) is 4. The number of rotatable bonds is 10. The molecule has 2 aliphatic carbocycles. The minimum absolute atomic E-state index is 0.0454. The van der Waals surface area contributed by atoms with Gasteiger partial charge in [-0.25, -0.2) is 18.6 Å². The number of fused-ring (bicyclic) bond motifs is 3. The number of carboxylic acid groups (broad SMARTS) is 1. The van der Waals surface area contributed by atoms with Crippen LogP contribution in [0.2, 0.25) is 5.02 Å². The number of carbonyl (C=O) groups is 1. The molecule has 4 atom stereocenters. The third-order valence-corrected chi connectivity index (χ3v) is 10.1. The minimum atomic E-state index is -2.79. The largest absolute Gasteiger partial charge is 0.494 e. The maximum absolute atomic E-state index is 13.5. The fraction of sp³-hybridized carbons (Fsp3) is 0.441. The normalized spacial score (nSPS) is 25.5. The molecule has 2 saturated carbocycles. The summed E-state index contributed by atoms with van der Waals surface area (Å²) in [6, 6.07) is 12.9.